The number of methoxy groups -OCH3 is 1. The highest BCUT2D eigenvalue weighted by Gasteiger charge is 2.45. The largest absolute Gasteiger partial charge is 0.457 e. The van der Waals surface area contributed by atoms with Crippen molar-refractivity contribution in [1.82, 2.24) is 20.0 Å². The van der Waals surface area contributed by atoms with Crippen molar-refractivity contribution in [1.29, 1.82) is 0 Å². The number of unbranched alkanes of at least 4 members (excludes halogenated alkanes) is 3. The SMILES string of the molecule is CC[C@H](O)[C@@H](C)[C@H]1O[C@@H]1C[C@H](C)/C=C/C=C(\C)[C@H]1OC(=O)C[C@H](O)CC[C@@](C)(OC)[C@@H](OC(=O)N2CCN(C(=O)OCc3ccc(CC(=O)[C@H](CCCCC(N)=O)NC(=O)[C@@H](CC(=O)CCCCCN4C(=O)C=CC4=O)C(C)C)cc3)CC2)/C=C/[C@@H]1C. The van der Waals surface area contributed by atoms with E-state index in [-0.39, 0.29) is 150 Å². The minimum absolute atomic E-state index is 0.00840. The van der Waals surface area contributed by atoms with Crippen molar-refractivity contribution in [2.75, 3.05) is 39.8 Å². The Bertz CT molecular complexity index is 2610. The Morgan fingerprint density at radius 3 is 2.16 bits per heavy atom. The summed E-state index contributed by atoms with van der Waals surface area (Å²) >= 11 is 0. The zero-order chi connectivity index (χ0) is 64.0. The standard InChI is InChI=1S/C66H97N5O16/c1-10-53(74)46(7)62-55(85-62)37-43(4)17-16-18-44(5)61-45(6)22-27-56(66(8,83-9)31-30-50(73)40-60(79)87-61)86-65(82)70-35-33-69(34-36-70)64(81)84-41-48-25-23-47(24-26-48)38-54(75)52(20-13-14-21-57(67)76)68-63(80)51(42(2)3)39-49(72)19-12-11-15-32-71-58(77)28-29-59(71)78/h16-18,22-29,42-43,45-46,50-53,55-56,61-62,73-74H,10-15,19-21,30-41H2,1-9H3,(H2,67,76)(H,68,80)/b17-16+,27-22+,44-18+/t43-,45+,46-,50-,51+,52+,53+,55-,56+,61-,62-,66-/m1/s1. The molecule has 1 aromatic rings. The van der Waals surface area contributed by atoms with Crippen LogP contribution in [-0.4, -0.2) is 166 Å². The van der Waals surface area contributed by atoms with E-state index in [0.29, 0.717) is 49.7 Å². The second-order valence-electron chi connectivity index (χ2n) is 24.7. The van der Waals surface area contributed by atoms with Crippen LogP contribution in [0, 0.1) is 29.6 Å². The van der Waals surface area contributed by atoms with Crippen LogP contribution in [0.15, 0.2) is 72.4 Å². The molecule has 1 aromatic carbocycles. The monoisotopic (exact) mass is 1220 g/mol. The topological polar surface area (TPSA) is 291 Å². The quantitative estimate of drug-likeness (QED) is 0.0106. The summed E-state index contributed by atoms with van der Waals surface area (Å²) in [6.07, 6.45) is 12.8. The van der Waals surface area contributed by atoms with Gasteiger partial charge in [0.15, 0.2) is 11.9 Å². The highest BCUT2D eigenvalue weighted by molar-refractivity contribution is 6.12. The third-order valence-electron chi connectivity index (χ3n) is 17.3. The Hall–Kier alpha value is -6.55. The zero-order valence-corrected chi connectivity index (χ0v) is 52.7. The van der Waals surface area contributed by atoms with Gasteiger partial charge in [-0.15, -0.1) is 0 Å². The number of ether oxygens (including phenoxy) is 5. The van der Waals surface area contributed by atoms with E-state index in [1.54, 1.807) is 37.3 Å². The molecule has 21 nitrogen and oxygen atoms in total. The molecule has 12 atom stereocenters. The van der Waals surface area contributed by atoms with Gasteiger partial charge in [0.1, 0.15) is 24.1 Å². The minimum Gasteiger partial charge on any atom is -0.457 e. The van der Waals surface area contributed by atoms with Gasteiger partial charge in [-0.1, -0.05) is 103 Å². The van der Waals surface area contributed by atoms with Crippen LogP contribution in [0.1, 0.15) is 156 Å². The average molecular weight is 1220 g/mol. The summed E-state index contributed by atoms with van der Waals surface area (Å²) in [7, 11) is 1.51. The molecule has 0 radical (unpaired) electrons. The third-order valence-corrected chi connectivity index (χ3v) is 17.3. The highest BCUT2D eigenvalue weighted by Crippen LogP contribution is 2.37. The maximum absolute atomic E-state index is 13.9. The summed E-state index contributed by atoms with van der Waals surface area (Å²) in [5.74, 6) is -3.48. The Kier molecular flexibility index (Phi) is 28.5. The molecule has 4 aliphatic heterocycles. The molecule has 21 heteroatoms. The number of hydrogen-bond donors (Lipinski definition) is 4. The first-order chi connectivity index (χ1) is 41.3. The molecule has 2 fully saturated rings. The molecule has 2 saturated heterocycles. The lowest BCUT2D eigenvalue weighted by molar-refractivity contribution is -0.151. The lowest BCUT2D eigenvalue weighted by Crippen LogP contribution is -2.53. The number of nitrogens with zero attached hydrogens (tertiary/aromatic N) is 3. The number of nitrogens with one attached hydrogen (secondary N) is 1. The molecular formula is C66H97N5O16. The highest BCUT2D eigenvalue weighted by atomic mass is 16.6. The number of aliphatic hydroxyl groups is 2. The fourth-order valence-electron chi connectivity index (χ4n) is 11.2. The summed E-state index contributed by atoms with van der Waals surface area (Å²) in [5, 5.41) is 24.2. The fourth-order valence-corrected chi connectivity index (χ4v) is 11.2. The molecular weight excluding hydrogens is 1120 g/mol. The van der Waals surface area contributed by atoms with E-state index < -0.39 is 71.9 Å². The van der Waals surface area contributed by atoms with Crippen molar-refractivity contribution >= 4 is 53.4 Å². The zero-order valence-electron chi connectivity index (χ0n) is 52.7. The number of Topliss-reactive ketones (excluding diaryl/α,β-unsaturated/α-hetero) is 2. The number of benzene rings is 1. The number of cyclic esters (lactones) is 1. The van der Waals surface area contributed by atoms with Gasteiger partial charge in [-0.2, -0.15) is 0 Å². The normalized spacial score (nSPS) is 25.0. The van der Waals surface area contributed by atoms with Crippen LogP contribution in [0.3, 0.4) is 0 Å². The number of esters is 1. The van der Waals surface area contributed by atoms with E-state index in [4.69, 9.17) is 29.4 Å². The predicted molar refractivity (Wildman–Crippen MR) is 325 cm³/mol. The Morgan fingerprint density at radius 1 is 0.885 bits per heavy atom. The molecule has 0 spiro atoms. The lowest BCUT2D eigenvalue weighted by Gasteiger charge is -2.38. The number of primary amides is 1. The lowest BCUT2D eigenvalue weighted by atomic mass is 9.88. The van der Waals surface area contributed by atoms with E-state index in [9.17, 15) is 53.4 Å². The van der Waals surface area contributed by atoms with Crippen molar-refractivity contribution in [3.63, 3.8) is 0 Å². The van der Waals surface area contributed by atoms with E-state index in [1.807, 2.05) is 59.8 Å². The molecule has 4 heterocycles. The minimum atomic E-state index is -1.09. The molecule has 0 aromatic heterocycles. The van der Waals surface area contributed by atoms with Crippen LogP contribution < -0.4 is 11.1 Å². The van der Waals surface area contributed by atoms with Gasteiger partial charge < -0.3 is 54.7 Å². The second kappa shape index (κ2) is 34.9. The molecule has 0 unspecified atom stereocenters. The third kappa shape index (κ3) is 22.8. The van der Waals surface area contributed by atoms with Gasteiger partial charge in [0, 0.05) is 95.4 Å². The number of amides is 6. The molecule has 5 N–H and O–H groups in total. The Balaban J connectivity index is 1.11. The number of aliphatic hydroxyl groups excluding tert-OH is 2. The van der Waals surface area contributed by atoms with Gasteiger partial charge in [-0.25, -0.2) is 9.59 Å². The second-order valence-corrected chi connectivity index (χ2v) is 24.7. The summed E-state index contributed by atoms with van der Waals surface area (Å²) in [4.78, 5) is 120. The van der Waals surface area contributed by atoms with Crippen LogP contribution >= 0.6 is 0 Å². The predicted octanol–water partition coefficient (Wildman–Crippen LogP) is 7.56. The van der Waals surface area contributed by atoms with Crippen molar-refractivity contribution in [2.24, 2.45) is 35.3 Å². The Labute approximate surface area is 513 Å². The maximum atomic E-state index is 13.9. The van der Waals surface area contributed by atoms with Crippen molar-refractivity contribution in [2.45, 2.75) is 207 Å². The van der Waals surface area contributed by atoms with E-state index in [2.05, 4.69) is 18.3 Å². The smallest absolute Gasteiger partial charge is 0.410 e. The van der Waals surface area contributed by atoms with E-state index >= 15 is 0 Å². The number of carbonyl (C=O) groups is 9. The first-order valence-corrected chi connectivity index (χ1v) is 31.2. The number of carbonyl (C=O) groups excluding carboxylic acids is 9. The van der Waals surface area contributed by atoms with Crippen LogP contribution in [0.4, 0.5) is 9.59 Å². The summed E-state index contributed by atoms with van der Waals surface area (Å²) in [5.41, 5.74) is 6.36. The molecule has 87 heavy (non-hydrogen) atoms. The van der Waals surface area contributed by atoms with Gasteiger partial charge >= 0.3 is 18.2 Å². The molecule has 6 amide bonds. The molecule has 0 aliphatic carbocycles. The number of ketones is 2. The van der Waals surface area contributed by atoms with Crippen molar-refractivity contribution < 1.29 is 77.0 Å². The van der Waals surface area contributed by atoms with Crippen LogP contribution in [-0.2, 0) is 70.3 Å². The number of epoxide rings is 1. The Morgan fingerprint density at radius 2 is 1.53 bits per heavy atom. The molecule has 0 bridgehead atoms. The number of hydrogen-bond acceptors (Lipinski definition) is 16. The summed E-state index contributed by atoms with van der Waals surface area (Å²) in [6, 6.07) is 6.09. The van der Waals surface area contributed by atoms with E-state index in [1.165, 1.54) is 29.1 Å². The van der Waals surface area contributed by atoms with Gasteiger partial charge in [-0.3, -0.25) is 38.5 Å². The number of imide groups is 1. The fraction of sp³-hybridized carbons (Fsp3) is 0.652. The van der Waals surface area contributed by atoms with Gasteiger partial charge in [0.05, 0.1) is 36.9 Å². The van der Waals surface area contributed by atoms with Crippen molar-refractivity contribution in [3.05, 3.63) is 83.5 Å². The first kappa shape index (κ1) is 71.2. The molecule has 5 rings (SSSR count). The number of allylic oxidation sites excluding steroid dienone is 3. The number of piperazine rings is 1. The summed E-state index contributed by atoms with van der Waals surface area (Å²) < 4.78 is 29.7. The molecule has 482 valence electrons. The van der Waals surface area contributed by atoms with Gasteiger partial charge in [0.25, 0.3) is 11.8 Å². The molecule has 0 saturated carbocycles. The number of rotatable bonds is 31. The molecule has 4 aliphatic rings. The average Bonchev–Trinajstić information content (AvgIpc) is 2.97. The van der Waals surface area contributed by atoms with Crippen molar-refractivity contribution in [3.8, 4) is 0 Å². The number of nitrogens with two attached hydrogens (primary N) is 1. The van der Waals surface area contributed by atoms with Gasteiger partial charge in [0.2, 0.25) is 11.8 Å². The summed E-state index contributed by atoms with van der Waals surface area (Å²) in [6.45, 7) is 16.2. The maximum Gasteiger partial charge on any atom is 0.410 e. The first-order valence-electron chi connectivity index (χ1n) is 31.2. The van der Waals surface area contributed by atoms with Gasteiger partial charge in [-0.05, 0) is 99.8 Å². The van der Waals surface area contributed by atoms with Crippen LogP contribution in [0.25, 0.3) is 0 Å². The van der Waals surface area contributed by atoms with Crippen LogP contribution in [0.5, 0.6) is 0 Å². The van der Waals surface area contributed by atoms with Crippen LogP contribution in [0.2, 0.25) is 0 Å². The van der Waals surface area contributed by atoms with E-state index in [0.717, 1.165) is 16.9 Å².